The van der Waals surface area contributed by atoms with E-state index in [1.54, 1.807) is 0 Å². The standard InChI is InChI=1S/C6H8O7.C2H6O2.Na.H/c7-3(8)1-6(13,5(11)12)2-4(9)10;3-1-2-4;;/h13H,1-2H2,(H,7,8)(H,9,10)(H,11,12);3-4H,1-2H2;;. The average Bonchev–Trinajstić information content (AvgIpc) is 2.15. The Balaban J connectivity index is -0.000000392. The van der Waals surface area contributed by atoms with Crippen LogP contribution in [-0.4, -0.2) is 96.9 Å². The molecule has 0 aliphatic heterocycles. The summed E-state index contributed by atoms with van der Waals surface area (Å²) in [6.07, 6.45) is -2.29. The van der Waals surface area contributed by atoms with Crippen LogP contribution in [-0.2, 0) is 14.4 Å². The van der Waals surface area contributed by atoms with Crippen LogP contribution >= 0.6 is 0 Å². The zero-order chi connectivity index (χ0) is 14.1. The normalized spacial score (nSPS) is 9.50. The molecule has 0 aromatic rings. The Morgan fingerprint density at radius 1 is 0.833 bits per heavy atom. The molecular formula is C8H15NaO9. The zero-order valence-corrected chi connectivity index (χ0v) is 8.74. The SMILES string of the molecule is O=C(O)CC(O)(CC(=O)O)C(=O)O.OCCO.[NaH]. The number of carbonyl (C=O) groups is 3. The third kappa shape index (κ3) is 11.8. The number of hydrogen-bond acceptors (Lipinski definition) is 6. The number of rotatable bonds is 6. The summed E-state index contributed by atoms with van der Waals surface area (Å²) in [5.74, 6) is -5.02. The summed E-state index contributed by atoms with van der Waals surface area (Å²) in [6.45, 7) is -0.250. The molecular weight excluding hydrogens is 263 g/mol. The second-order valence-corrected chi connectivity index (χ2v) is 2.92. The molecule has 10 heteroatoms. The van der Waals surface area contributed by atoms with E-state index >= 15 is 0 Å². The van der Waals surface area contributed by atoms with Crippen molar-refractivity contribution in [2.75, 3.05) is 13.2 Å². The van der Waals surface area contributed by atoms with Crippen LogP contribution in [0.3, 0.4) is 0 Å². The van der Waals surface area contributed by atoms with Gasteiger partial charge < -0.3 is 30.6 Å². The fraction of sp³-hybridized carbons (Fsp3) is 0.625. The topological polar surface area (TPSA) is 173 Å². The Morgan fingerprint density at radius 2 is 1.11 bits per heavy atom. The van der Waals surface area contributed by atoms with Crippen LogP contribution in [0.5, 0.6) is 0 Å². The summed E-state index contributed by atoms with van der Waals surface area (Å²) in [7, 11) is 0. The van der Waals surface area contributed by atoms with Crippen LogP contribution in [0.1, 0.15) is 12.8 Å². The third-order valence-electron chi connectivity index (χ3n) is 1.39. The van der Waals surface area contributed by atoms with E-state index in [0.29, 0.717) is 0 Å². The van der Waals surface area contributed by atoms with E-state index in [4.69, 9.17) is 30.6 Å². The minimum absolute atomic E-state index is 0. The summed E-state index contributed by atoms with van der Waals surface area (Å²) >= 11 is 0. The summed E-state index contributed by atoms with van der Waals surface area (Å²) in [4.78, 5) is 30.5. The number of aliphatic carboxylic acids is 3. The van der Waals surface area contributed by atoms with Crippen molar-refractivity contribution in [1.82, 2.24) is 0 Å². The number of hydrogen-bond donors (Lipinski definition) is 6. The van der Waals surface area contributed by atoms with Crippen LogP contribution < -0.4 is 0 Å². The zero-order valence-electron chi connectivity index (χ0n) is 8.74. The van der Waals surface area contributed by atoms with E-state index in [2.05, 4.69) is 0 Å². The van der Waals surface area contributed by atoms with E-state index in [1.807, 2.05) is 0 Å². The van der Waals surface area contributed by atoms with Gasteiger partial charge in [-0.1, -0.05) is 0 Å². The van der Waals surface area contributed by atoms with Gasteiger partial charge in [0, 0.05) is 0 Å². The average molecular weight is 278 g/mol. The number of carboxylic acid groups (broad SMARTS) is 3. The number of carboxylic acids is 3. The summed E-state index contributed by atoms with van der Waals surface area (Å²) in [5, 5.41) is 49.1. The van der Waals surface area contributed by atoms with E-state index in [0.717, 1.165) is 0 Å². The predicted molar refractivity (Wildman–Crippen MR) is 58.4 cm³/mol. The van der Waals surface area contributed by atoms with Gasteiger partial charge in [0.25, 0.3) is 0 Å². The van der Waals surface area contributed by atoms with Gasteiger partial charge >= 0.3 is 47.5 Å². The van der Waals surface area contributed by atoms with Crippen LogP contribution in [0.15, 0.2) is 0 Å². The minimum atomic E-state index is -2.74. The van der Waals surface area contributed by atoms with Gasteiger partial charge in [-0.25, -0.2) is 4.79 Å². The van der Waals surface area contributed by atoms with Crippen molar-refractivity contribution in [2.24, 2.45) is 0 Å². The van der Waals surface area contributed by atoms with Crippen molar-refractivity contribution in [3.05, 3.63) is 0 Å². The van der Waals surface area contributed by atoms with Crippen molar-refractivity contribution in [1.29, 1.82) is 0 Å². The van der Waals surface area contributed by atoms with Gasteiger partial charge in [0.05, 0.1) is 26.1 Å². The molecule has 0 atom stereocenters. The molecule has 0 aliphatic rings. The van der Waals surface area contributed by atoms with Crippen LogP contribution in [0.25, 0.3) is 0 Å². The molecule has 0 spiro atoms. The van der Waals surface area contributed by atoms with Crippen LogP contribution in [0, 0.1) is 0 Å². The van der Waals surface area contributed by atoms with Gasteiger partial charge in [-0.05, 0) is 0 Å². The Labute approximate surface area is 124 Å². The van der Waals surface area contributed by atoms with E-state index in [-0.39, 0.29) is 42.8 Å². The molecule has 0 fully saturated rings. The first-order chi connectivity index (χ1) is 7.69. The molecule has 0 aliphatic carbocycles. The molecule has 102 valence electrons. The quantitative estimate of drug-likeness (QED) is 0.278. The number of aliphatic hydroxyl groups excluding tert-OH is 2. The first-order valence-electron chi connectivity index (χ1n) is 4.30. The molecule has 0 amide bonds. The Hall–Kier alpha value is -0.710. The second kappa shape index (κ2) is 11.4. The molecule has 0 unspecified atom stereocenters. The molecule has 0 heterocycles. The maximum atomic E-state index is 10.3. The Morgan fingerprint density at radius 3 is 1.22 bits per heavy atom. The molecule has 0 radical (unpaired) electrons. The second-order valence-electron chi connectivity index (χ2n) is 2.92. The van der Waals surface area contributed by atoms with Gasteiger partial charge in [-0.3, -0.25) is 9.59 Å². The molecule has 0 saturated heterocycles. The van der Waals surface area contributed by atoms with Crippen LogP contribution in [0.2, 0.25) is 0 Å². The molecule has 9 nitrogen and oxygen atoms in total. The summed E-state index contributed by atoms with van der Waals surface area (Å²) in [5.41, 5.74) is -2.74. The van der Waals surface area contributed by atoms with E-state index < -0.39 is 36.4 Å². The Kier molecular flexibility index (Phi) is 14.2. The van der Waals surface area contributed by atoms with Gasteiger partial charge in [-0.2, -0.15) is 0 Å². The molecule has 0 aromatic carbocycles. The van der Waals surface area contributed by atoms with E-state index in [9.17, 15) is 14.4 Å². The van der Waals surface area contributed by atoms with Gasteiger partial charge in [0.2, 0.25) is 0 Å². The van der Waals surface area contributed by atoms with Crippen molar-refractivity contribution in [3.63, 3.8) is 0 Å². The van der Waals surface area contributed by atoms with E-state index in [1.165, 1.54) is 0 Å². The van der Waals surface area contributed by atoms with Crippen molar-refractivity contribution >= 4 is 47.5 Å². The van der Waals surface area contributed by atoms with Gasteiger partial charge in [-0.15, -0.1) is 0 Å². The first kappa shape index (κ1) is 22.5. The van der Waals surface area contributed by atoms with Crippen molar-refractivity contribution in [2.45, 2.75) is 18.4 Å². The van der Waals surface area contributed by atoms with Crippen molar-refractivity contribution in [3.8, 4) is 0 Å². The molecule has 6 N–H and O–H groups in total. The third-order valence-corrected chi connectivity index (χ3v) is 1.39. The fourth-order valence-electron chi connectivity index (χ4n) is 0.714. The predicted octanol–water partition coefficient (Wildman–Crippen LogP) is -2.93. The Bertz CT molecular complexity index is 260. The van der Waals surface area contributed by atoms with Crippen LogP contribution in [0.4, 0.5) is 0 Å². The summed E-state index contributed by atoms with van der Waals surface area (Å²) in [6, 6.07) is 0. The molecule has 18 heavy (non-hydrogen) atoms. The first-order valence-corrected chi connectivity index (χ1v) is 4.30. The van der Waals surface area contributed by atoms with Gasteiger partial charge in [0.15, 0.2) is 5.60 Å². The van der Waals surface area contributed by atoms with Gasteiger partial charge in [0.1, 0.15) is 0 Å². The molecule has 0 bridgehead atoms. The monoisotopic (exact) mass is 278 g/mol. The fourth-order valence-corrected chi connectivity index (χ4v) is 0.714. The van der Waals surface area contributed by atoms with Crippen molar-refractivity contribution < 1.29 is 45.0 Å². The number of aliphatic hydroxyl groups is 3. The maximum absolute atomic E-state index is 10.3. The molecule has 0 aromatic heterocycles. The molecule has 0 rings (SSSR count). The molecule has 0 saturated carbocycles. The summed E-state index contributed by atoms with van der Waals surface area (Å²) < 4.78 is 0.